The van der Waals surface area contributed by atoms with E-state index in [-0.39, 0.29) is 11.6 Å². The van der Waals surface area contributed by atoms with Crippen LogP contribution >= 0.6 is 0 Å². The number of nitrogens with two attached hydrogens (primary N) is 1. The van der Waals surface area contributed by atoms with Gasteiger partial charge >= 0.3 is 0 Å². The number of rotatable bonds is 3. The van der Waals surface area contributed by atoms with Crippen molar-refractivity contribution in [1.29, 1.82) is 0 Å². The van der Waals surface area contributed by atoms with E-state index >= 15 is 0 Å². The fraction of sp³-hybridized carbons (Fsp3) is 0.0500. The number of nitrogen functional groups attached to an aromatic ring is 1. The largest absolute Gasteiger partial charge is 0.497 e. The van der Waals surface area contributed by atoms with Crippen LogP contribution in [0.3, 0.4) is 0 Å². The molecule has 2 heterocycles. The van der Waals surface area contributed by atoms with Gasteiger partial charge in [0.1, 0.15) is 11.6 Å². The number of aromatic nitrogens is 2. The molecule has 4 aromatic rings. The van der Waals surface area contributed by atoms with Gasteiger partial charge in [-0.15, -0.1) is 0 Å². The molecule has 0 spiro atoms. The first-order chi connectivity index (χ1) is 12.2. The minimum atomic E-state index is -0.189. The summed E-state index contributed by atoms with van der Waals surface area (Å²) < 4.78 is 5.26. The van der Waals surface area contributed by atoms with E-state index in [1.54, 1.807) is 25.4 Å². The molecule has 122 valence electrons. The third kappa shape index (κ3) is 2.55. The lowest BCUT2D eigenvalue weighted by Gasteiger charge is -2.10. The maximum atomic E-state index is 13.0. The van der Waals surface area contributed by atoms with E-state index in [4.69, 9.17) is 10.5 Å². The Balaban J connectivity index is 2.00. The van der Waals surface area contributed by atoms with Crippen molar-refractivity contribution in [3.8, 4) is 5.75 Å². The van der Waals surface area contributed by atoms with Crippen LogP contribution in [0.2, 0.25) is 0 Å². The average Bonchev–Trinajstić information content (AvgIpc) is 2.66. The van der Waals surface area contributed by atoms with Crippen LogP contribution in [-0.4, -0.2) is 22.9 Å². The van der Waals surface area contributed by atoms with E-state index in [1.165, 1.54) is 0 Å². The Labute approximate surface area is 144 Å². The molecule has 2 aromatic carbocycles. The zero-order valence-corrected chi connectivity index (χ0v) is 13.6. The highest BCUT2D eigenvalue weighted by atomic mass is 16.5. The maximum Gasteiger partial charge on any atom is 0.198 e. The summed E-state index contributed by atoms with van der Waals surface area (Å²) in [5, 5.41) is 1.71. The summed E-state index contributed by atoms with van der Waals surface area (Å²) >= 11 is 0. The summed E-state index contributed by atoms with van der Waals surface area (Å²) in [6.45, 7) is 0. The summed E-state index contributed by atoms with van der Waals surface area (Å²) in [5.74, 6) is 0.694. The molecule has 2 N–H and O–H groups in total. The second-order valence-corrected chi connectivity index (χ2v) is 5.70. The predicted molar refractivity (Wildman–Crippen MR) is 97.9 cm³/mol. The molecule has 0 saturated heterocycles. The molecule has 0 aliphatic rings. The molecule has 0 fully saturated rings. The normalized spacial score (nSPS) is 10.9. The van der Waals surface area contributed by atoms with Gasteiger partial charge in [0.25, 0.3) is 0 Å². The number of carbonyl (C=O) groups excluding carboxylic acids is 1. The van der Waals surface area contributed by atoms with E-state index in [9.17, 15) is 4.79 Å². The third-order valence-electron chi connectivity index (χ3n) is 4.15. The number of hydrogen-bond donors (Lipinski definition) is 1. The van der Waals surface area contributed by atoms with E-state index in [1.807, 2.05) is 42.5 Å². The second kappa shape index (κ2) is 5.87. The molecule has 0 unspecified atom stereocenters. The third-order valence-corrected chi connectivity index (χ3v) is 4.15. The Bertz CT molecular complexity index is 1110. The number of ketones is 1. The zero-order valence-electron chi connectivity index (χ0n) is 13.6. The lowest BCUT2D eigenvalue weighted by Crippen LogP contribution is -2.09. The Kier molecular flexibility index (Phi) is 3.54. The number of nitrogens with zero attached hydrogens (tertiary/aromatic N) is 2. The number of benzene rings is 2. The van der Waals surface area contributed by atoms with Gasteiger partial charge in [0, 0.05) is 28.6 Å². The van der Waals surface area contributed by atoms with Crippen LogP contribution in [0.4, 0.5) is 5.82 Å². The lowest BCUT2D eigenvalue weighted by molar-refractivity contribution is 0.104. The number of carbonyl (C=O) groups is 1. The van der Waals surface area contributed by atoms with Crippen LogP contribution in [0.25, 0.3) is 21.8 Å². The molecule has 0 bridgehead atoms. The standard InChI is InChI=1S/C20H15N3O2/c1-25-15-8-7-13-9-14-11-22-20(21)17(18(14)23-16(13)10-15)19(24)12-5-3-2-4-6-12/h2-11H,1H3,(H2,21,22). The molecule has 0 aliphatic carbocycles. The van der Waals surface area contributed by atoms with Crippen molar-refractivity contribution < 1.29 is 9.53 Å². The van der Waals surface area contributed by atoms with Crippen LogP contribution in [0.1, 0.15) is 15.9 Å². The number of fused-ring (bicyclic) bond motifs is 2. The van der Waals surface area contributed by atoms with Gasteiger partial charge in [-0.2, -0.15) is 0 Å². The highest BCUT2D eigenvalue weighted by molar-refractivity contribution is 6.18. The topological polar surface area (TPSA) is 78.1 Å². The first-order valence-corrected chi connectivity index (χ1v) is 7.80. The monoisotopic (exact) mass is 329 g/mol. The second-order valence-electron chi connectivity index (χ2n) is 5.70. The fourth-order valence-corrected chi connectivity index (χ4v) is 2.87. The van der Waals surface area contributed by atoms with Crippen molar-refractivity contribution in [3.63, 3.8) is 0 Å². The van der Waals surface area contributed by atoms with Crippen LogP contribution in [0, 0.1) is 0 Å². The van der Waals surface area contributed by atoms with Crippen molar-refractivity contribution in [2.24, 2.45) is 0 Å². The van der Waals surface area contributed by atoms with Crippen molar-refractivity contribution in [1.82, 2.24) is 9.97 Å². The molecule has 2 aromatic heterocycles. The SMILES string of the molecule is COc1ccc2cc3cnc(N)c(C(=O)c4ccccc4)c3nc2c1. The van der Waals surface area contributed by atoms with Crippen LogP contribution < -0.4 is 10.5 Å². The van der Waals surface area contributed by atoms with Gasteiger partial charge in [-0.1, -0.05) is 30.3 Å². The van der Waals surface area contributed by atoms with Gasteiger partial charge in [-0.3, -0.25) is 4.79 Å². The average molecular weight is 329 g/mol. The molecule has 0 radical (unpaired) electrons. The first-order valence-electron chi connectivity index (χ1n) is 7.80. The molecule has 5 nitrogen and oxygen atoms in total. The zero-order chi connectivity index (χ0) is 17.4. The summed E-state index contributed by atoms with van der Waals surface area (Å²) in [6.07, 6.45) is 1.64. The van der Waals surface area contributed by atoms with Gasteiger partial charge in [0.2, 0.25) is 0 Å². The van der Waals surface area contributed by atoms with E-state index in [2.05, 4.69) is 9.97 Å². The lowest BCUT2D eigenvalue weighted by atomic mass is 10.0. The van der Waals surface area contributed by atoms with Crippen LogP contribution in [0.5, 0.6) is 5.75 Å². The first kappa shape index (κ1) is 15.1. The molecule has 4 rings (SSSR count). The highest BCUT2D eigenvalue weighted by Gasteiger charge is 2.18. The summed E-state index contributed by atoms with van der Waals surface area (Å²) in [6, 6.07) is 16.6. The van der Waals surface area contributed by atoms with Gasteiger partial charge < -0.3 is 10.5 Å². The summed E-state index contributed by atoms with van der Waals surface area (Å²) in [7, 11) is 1.61. The van der Waals surface area contributed by atoms with Gasteiger partial charge in [0.15, 0.2) is 5.78 Å². The summed E-state index contributed by atoms with van der Waals surface area (Å²) in [4.78, 5) is 21.8. The van der Waals surface area contributed by atoms with Gasteiger partial charge in [-0.25, -0.2) is 9.97 Å². The molecule has 25 heavy (non-hydrogen) atoms. The van der Waals surface area contributed by atoms with Crippen molar-refractivity contribution in [3.05, 3.63) is 71.9 Å². The van der Waals surface area contributed by atoms with Crippen LogP contribution in [0.15, 0.2) is 60.8 Å². The molecular formula is C20H15N3O2. The predicted octanol–water partition coefficient (Wildman–Crippen LogP) is 3.60. The van der Waals surface area contributed by atoms with E-state index in [0.29, 0.717) is 22.4 Å². The molecule has 5 heteroatoms. The van der Waals surface area contributed by atoms with Crippen molar-refractivity contribution >= 4 is 33.4 Å². The molecular weight excluding hydrogens is 314 g/mol. The van der Waals surface area contributed by atoms with Crippen molar-refractivity contribution in [2.75, 3.05) is 12.8 Å². The molecule has 0 amide bonds. The Hall–Kier alpha value is -3.47. The summed E-state index contributed by atoms with van der Waals surface area (Å²) in [5.41, 5.74) is 8.19. The van der Waals surface area contributed by atoms with Crippen molar-refractivity contribution in [2.45, 2.75) is 0 Å². The van der Waals surface area contributed by atoms with E-state index in [0.717, 1.165) is 16.3 Å². The minimum Gasteiger partial charge on any atom is -0.497 e. The van der Waals surface area contributed by atoms with Gasteiger partial charge in [-0.05, 0) is 18.2 Å². The van der Waals surface area contributed by atoms with Crippen LogP contribution in [-0.2, 0) is 0 Å². The van der Waals surface area contributed by atoms with E-state index < -0.39 is 0 Å². The highest BCUT2D eigenvalue weighted by Crippen LogP contribution is 2.28. The number of methoxy groups -OCH3 is 1. The fourth-order valence-electron chi connectivity index (χ4n) is 2.87. The molecule has 0 saturated carbocycles. The molecule has 0 atom stereocenters. The maximum absolute atomic E-state index is 13.0. The number of anilines is 1. The molecule has 0 aliphatic heterocycles. The Morgan fingerprint density at radius 3 is 2.60 bits per heavy atom. The Morgan fingerprint density at radius 2 is 1.84 bits per heavy atom. The minimum absolute atomic E-state index is 0.177. The number of ether oxygens (including phenoxy) is 1. The Morgan fingerprint density at radius 1 is 1.04 bits per heavy atom. The number of hydrogen-bond acceptors (Lipinski definition) is 5. The quantitative estimate of drug-likeness (QED) is 0.459. The smallest absolute Gasteiger partial charge is 0.198 e. The van der Waals surface area contributed by atoms with Gasteiger partial charge in [0.05, 0.1) is 23.7 Å². The number of pyridine rings is 2.